The number of aromatic nitrogens is 1. The van der Waals surface area contributed by atoms with Crippen LogP contribution in [0.5, 0.6) is 0 Å². The van der Waals surface area contributed by atoms with Gasteiger partial charge in [-0.05, 0) is 30.7 Å². The first-order valence-electron chi connectivity index (χ1n) is 5.28. The van der Waals surface area contributed by atoms with Gasteiger partial charge in [0.25, 0.3) is 0 Å². The molecular weight excluding hydrogens is 243 g/mol. The van der Waals surface area contributed by atoms with Crippen LogP contribution in [0.3, 0.4) is 0 Å². The van der Waals surface area contributed by atoms with Gasteiger partial charge in [-0.25, -0.2) is 4.98 Å². The summed E-state index contributed by atoms with van der Waals surface area (Å²) in [6.45, 7) is 3.07. The van der Waals surface area contributed by atoms with Gasteiger partial charge in [-0.15, -0.1) is 0 Å². The Labute approximate surface area is 101 Å². The van der Waals surface area contributed by atoms with Gasteiger partial charge in [-0.3, -0.25) is 4.79 Å². The SMILES string of the molecule is CC(=O)c1cc(C)c2ccc(C(F)(F)F)cc2n1. The lowest BCUT2D eigenvalue weighted by molar-refractivity contribution is -0.137. The highest BCUT2D eigenvalue weighted by molar-refractivity contribution is 5.95. The van der Waals surface area contributed by atoms with Gasteiger partial charge in [-0.1, -0.05) is 6.07 Å². The molecule has 1 heterocycles. The Bertz CT molecular complexity index is 632. The number of benzene rings is 1. The first kappa shape index (κ1) is 12.5. The third-order valence-corrected chi connectivity index (χ3v) is 2.70. The number of Topliss-reactive ketones (excluding diaryl/α,β-unsaturated/α-hetero) is 1. The summed E-state index contributed by atoms with van der Waals surface area (Å²) in [7, 11) is 0. The van der Waals surface area contributed by atoms with E-state index in [0.29, 0.717) is 5.39 Å². The van der Waals surface area contributed by atoms with Crippen LogP contribution in [0.15, 0.2) is 24.3 Å². The minimum absolute atomic E-state index is 0.180. The number of rotatable bonds is 1. The lowest BCUT2D eigenvalue weighted by Gasteiger charge is -2.09. The molecule has 2 nitrogen and oxygen atoms in total. The van der Waals surface area contributed by atoms with Crippen molar-refractivity contribution in [3.05, 3.63) is 41.1 Å². The second-order valence-electron chi connectivity index (χ2n) is 4.11. The van der Waals surface area contributed by atoms with Gasteiger partial charge in [0.15, 0.2) is 5.78 Å². The zero-order valence-corrected chi connectivity index (χ0v) is 9.80. The van der Waals surface area contributed by atoms with Gasteiger partial charge in [0, 0.05) is 12.3 Å². The number of pyridine rings is 1. The number of aryl methyl sites for hydroxylation is 1. The number of carbonyl (C=O) groups is 1. The van der Waals surface area contributed by atoms with E-state index in [0.717, 1.165) is 17.7 Å². The van der Waals surface area contributed by atoms with Crippen LogP contribution in [0.2, 0.25) is 0 Å². The molecule has 0 saturated heterocycles. The monoisotopic (exact) mass is 253 g/mol. The van der Waals surface area contributed by atoms with Gasteiger partial charge >= 0.3 is 6.18 Å². The van der Waals surface area contributed by atoms with Gasteiger partial charge in [0.2, 0.25) is 0 Å². The number of nitrogens with zero attached hydrogens (tertiary/aromatic N) is 1. The van der Waals surface area contributed by atoms with Crippen LogP contribution < -0.4 is 0 Å². The summed E-state index contributed by atoms with van der Waals surface area (Å²) in [4.78, 5) is 15.2. The van der Waals surface area contributed by atoms with Crippen LogP contribution in [-0.4, -0.2) is 10.8 Å². The molecule has 0 unspecified atom stereocenters. The zero-order valence-electron chi connectivity index (χ0n) is 9.80. The summed E-state index contributed by atoms with van der Waals surface area (Å²) < 4.78 is 37.7. The Morgan fingerprint density at radius 1 is 1.22 bits per heavy atom. The third-order valence-electron chi connectivity index (χ3n) is 2.70. The molecule has 0 aliphatic carbocycles. The molecule has 0 saturated carbocycles. The molecule has 0 aliphatic heterocycles. The molecule has 0 aliphatic rings. The second-order valence-corrected chi connectivity index (χ2v) is 4.11. The van der Waals surface area contributed by atoms with Crippen molar-refractivity contribution in [2.75, 3.05) is 0 Å². The average Bonchev–Trinajstić information content (AvgIpc) is 2.26. The predicted molar refractivity (Wildman–Crippen MR) is 61.5 cm³/mol. The van der Waals surface area contributed by atoms with E-state index in [1.165, 1.54) is 13.0 Å². The molecular formula is C13H10F3NO. The molecule has 0 N–H and O–H groups in total. The standard InChI is InChI=1S/C13H10F3NO/c1-7-5-11(8(2)18)17-12-6-9(13(14,15)16)3-4-10(7)12/h3-6H,1-2H3. The van der Waals surface area contributed by atoms with Crippen molar-refractivity contribution in [2.45, 2.75) is 20.0 Å². The molecule has 2 rings (SSSR count). The van der Waals surface area contributed by atoms with Gasteiger partial charge in [-0.2, -0.15) is 13.2 Å². The number of ketones is 1. The minimum Gasteiger partial charge on any atom is -0.293 e. The van der Waals surface area contributed by atoms with Crippen molar-refractivity contribution in [1.82, 2.24) is 4.98 Å². The fraction of sp³-hybridized carbons (Fsp3) is 0.231. The van der Waals surface area contributed by atoms with Crippen molar-refractivity contribution in [3.8, 4) is 0 Å². The molecule has 0 atom stereocenters. The third kappa shape index (κ3) is 2.20. The van der Waals surface area contributed by atoms with Crippen LogP contribution in [0.25, 0.3) is 10.9 Å². The Kier molecular flexibility index (Phi) is 2.84. The maximum absolute atomic E-state index is 12.6. The molecule has 0 amide bonds. The normalized spacial score (nSPS) is 11.8. The summed E-state index contributed by atoms with van der Waals surface area (Å²) in [6.07, 6.45) is -4.41. The Balaban J connectivity index is 2.72. The van der Waals surface area contributed by atoms with E-state index in [2.05, 4.69) is 4.98 Å². The summed E-state index contributed by atoms with van der Waals surface area (Å²) in [6, 6.07) is 4.95. The maximum Gasteiger partial charge on any atom is 0.416 e. The summed E-state index contributed by atoms with van der Waals surface area (Å²) >= 11 is 0. The fourth-order valence-electron chi connectivity index (χ4n) is 1.76. The topological polar surface area (TPSA) is 30.0 Å². The highest BCUT2D eigenvalue weighted by Crippen LogP contribution is 2.31. The van der Waals surface area contributed by atoms with Crippen molar-refractivity contribution in [2.24, 2.45) is 0 Å². The molecule has 1 aromatic heterocycles. The maximum atomic E-state index is 12.6. The first-order valence-corrected chi connectivity index (χ1v) is 5.28. The number of halogens is 3. The van der Waals surface area contributed by atoms with Gasteiger partial charge in [0.05, 0.1) is 11.1 Å². The van der Waals surface area contributed by atoms with Crippen molar-refractivity contribution >= 4 is 16.7 Å². The van der Waals surface area contributed by atoms with E-state index >= 15 is 0 Å². The van der Waals surface area contributed by atoms with Gasteiger partial charge in [0.1, 0.15) is 5.69 Å². The number of alkyl halides is 3. The Hall–Kier alpha value is -1.91. The van der Waals surface area contributed by atoms with Crippen LogP contribution in [-0.2, 0) is 6.18 Å². The quantitative estimate of drug-likeness (QED) is 0.724. The number of hydrogen-bond donors (Lipinski definition) is 0. The molecule has 0 spiro atoms. The molecule has 18 heavy (non-hydrogen) atoms. The van der Waals surface area contributed by atoms with E-state index in [1.807, 2.05) is 0 Å². The smallest absolute Gasteiger partial charge is 0.293 e. The van der Waals surface area contributed by atoms with Gasteiger partial charge < -0.3 is 0 Å². The molecule has 1 aromatic carbocycles. The minimum atomic E-state index is -4.41. The van der Waals surface area contributed by atoms with E-state index in [-0.39, 0.29) is 17.0 Å². The Morgan fingerprint density at radius 2 is 1.89 bits per heavy atom. The van der Waals surface area contributed by atoms with Crippen LogP contribution in [0, 0.1) is 6.92 Å². The second kappa shape index (κ2) is 4.08. The first-order chi connectivity index (χ1) is 8.29. The van der Waals surface area contributed by atoms with E-state index < -0.39 is 11.7 Å². The van der Waals surface area contributed by atoms with E-state index in [1.54, 1.807) is 13.0 Å². The lowest BCUT2D eigenvalue weighted by Crippen LogP contribution is -2.05. The van der Waals surface area contributed by atoms with Crippen molar-refractivity contribution < 1.29 is 18.0 Å². The lowest BCUT2D eigenvalue weighted by atomic mass is 10.1. The highest BCUT2D eigenvalue weighted by atomic mass is 19.4. The molecule has 0 fully saturated rings. The van der Waals surface area contributed by atoms with Crippen LogP contribution in [0.4, 0.5) is 13.2 Å². The average molecular weight is 253 g/mol. The predicted octanol–water partition coefficient (Wildman–Crippen LogP) is 3.76. The number of hydrogen-bond acceptors (Lipinski definition) is 2. The fourth-order valence-corrected chi connectivity index (χ4v) is 1.76. The summed E-state index contributed by atoms with van der Waals surface area (Å²) in [5, 5.41) is 0.619. The Morgan fingerprint density at radius 3 is 2.44 bits per heavy atom. The molecule has 0 radical (unpaired) electrons. The molecule has 94 valence electrons. The van der Waals surface area contributed by atoms with E-state index in [4.69, 9.17) is 0 Å². The molecule has 0 bridgehead atoms. The zero-order chi connectivity index (χ0) is 13.5. The highest BCUT2D eigenvalue weighted by Gasteiger charge is 2.30. The molecule has 2 aromatic rings. The summed E-state index contributed by atoms with van der Waals surface area (Å²) in [5.41, 5.74) is 0.343. The summed E-state index contributed by atoms with van der Waals surface area (Å²) in [5.74, 6) is -0.266. The van der Waals surface area contributed by atoms with E-state index in [9.17, 15) is 18.0 Å². The van der Waals surface area contributed by atoms with Crippen molar-refractivity contribution in [1.29, 1.82) is 0 Å². The number of carbonyl (C=O) groups excluding carboxylic acids is 1. The number of fused-ring (bicyclic) bond motifs is 1. The van der Waals surface area contributed by atoms with Crippen LogP contribution in [0.1, 0.15) is 28.5 Å². The van der Waals surface area contributed by atoms with Crippen molar-refractivity contribution in [3.63, 3.8) is 0 Å². The molecule has 5 heteroatoms. The van der Waals surface area contributed by atoms with Crippen LogP contribution >= 0.6 is 0 Å². The largest absolute Gasteiger partial charge is 0.416 e.